The maximum absolute atomic E-state index is 11.1. The van der Waals surface area contributed by atoms with Crippen molar-refractivity contribution in [2.24, 2.45) is 0 Å². The van der Waals surface area contributed by atoms with Crippen LogP contribution in [0.2, 0.25) is 0 Å². The van der Waals surface area contributed by atoms with Crippen molar-refractivity contribution in [3.8, 4) is 0 Å². The zero-order valence-corrected chi connectivity index (χ0v) is 8.69. The molecule has 5 nitrogen and oxygen atoms in total. The quantitative estimate of drug-likeness (QED) is 0.679. The predicted molar refractivity (Wildman–Crippen MR) is 61.4 cm³/mol. The Morgan fingerprint density at radius 2 is 2.12 bits per heavy atom. The summed E-state index contributed by atoms with van der Waals surface area (Å²) < 4.78 is 0. The number of hydrogen-bond acceptors (Lipinski definition) is 4. The van der Waals surface area contributed by atoms with E-state index in [1.54, 1.807) is 25.2 Å². The molecular weight excluding hydrogens is 206 g/mol. The van der Waals surface area contributed by atoms with Gasteiger partial charge < -0.3 is 10.5 Å². The van der Waals surface area contributed by atoms with E-state index in [1.807, 2.05) is 6.07 Å². The number of benzene rings is 1. The third kappa shape index (κ3) is 1.80. The van der Waals surface area contributed by atoms with E-state index in [0.717, 1.165) is 0 Å². The van der Waals surface area contributed by atoms with Crippen LogP contribution in [0.5, 0.6) is 0 Å². The lowest BCUT2D eigenvalue weighted by atomic mass is 10.1. The van der Waals surface area contributed by atoms with E-state index in [-0.39, 0.29) is 5.56 Å². The SMILES string of the molecule is CNNc1cc(C(=O)O)c2ccccc2n1. The van der Waals surface area contributed by atoms with Crippen LogP contribution in [0.4, 0.5) is 5.82 Å². The number of aromatic nitrogens is 1. The molecule has 3 N–H and O–H groups in total. The minimum atomic E-state index is -0.960. The number of anilines is 1. The Morgan fingerprint density at radius 3 is 2.81 bits per heavy atom. The van der Waals surface area contributed by atoms with Crippen LogP contribution in [-0.4, -0.2) is 23.1 Å². The van der Waals surface area contributed by atoms with Crippen molar-refractivity contribution in [2.45, 2.75) is 0 Å². The molecule has 0 atom stereocenters. The van der Waals surface area contributed by atoms with Crippen molar-refractivity contribution in [3.63, 3.8) is 0 Å². The maximum Gasteiger partial charge on any atom is 0.336 e. The van der Waals surface area contributed by atoms with E-state index >= 15 is 0 Å². The van der Waals surface area contributed by atoms with Gasteiger partial charge in [-0.3, -0.25) is 0 Å². The molecule has 0 bridgehead atoms. The first-order chi connectivity index (χ1) is 7.72. The van der Waals surface area contributed by atoms with Gasteiger partial charge in [0.05, 0.1) is 11.1 Å². The van der Waals surface area contributed by atoms with Gasteiger partial charge in [0.25, 0.3) is 0 Å². The maximum atomic E-state index is 11.1. The molecule has 82 valence electrons. The summed E-state index contributed by atoms with van der Waals surface area (Å²) in [5, 5.41) is 9.74. The van der Waals surface area contributed by atoms with Crippen molar-refractivity contribution in [3.05, 3.63) is 35.9 Å². The summed E-state index contributed by atoms with van der Waals surface area (Å²) in [5.74, 6) is -0.476. The number of nitrogens with zero attached hydrogens (tertiary/aromatic N) is 1. The number of pyridine rings is 1. The normalized spacial score (nSPS) is 10.3. The number of para-hydroxylation sites is 1. The molecule has 0 radical (unpaired) electrons. The van der Waals surface area contributed by atoms with Crippen molar-refractivity contribution in [1.82, 2.24) is 10.4 Å². The third-order valence-corrected chi connectivity index (χ3v) is 2.20. The lowest BCUT2D eigenvalue weighted by molar-refractivity contribution is 0.0699. The van der Waals surface area contributed by atoms with Gasteiger partial charge in [-0.25, -0.2) is 15.2 Å². The highest BCUT2D eigenvalue weighted by Gasteiger charge is 2.10. The molecule has 2 aromatic rings. The van der Waals surface area contributed by atoms with Gasteiger partial charge in [0.1, 0.15) is 5.82 Å². The van der Waals surface area contributed by atoms with Gasteiger partial charge in [-0.15, -0.1) is 0 Å². The summed E-state index contributed by atoms with van der Waals surface area (Å²) in [6.45, 7) is 0. The van der Waals surface area contributed by atoms with Gasteiger partial charge in [-0.2, -0.15) is 0 Å². The number of hydrazine groups is 1. The number of nitrogens with one attached hydrogen (secondary N) is 2. The molecule has 0 saturated carbocycles. The number of hydrogen-bond donors (Lipinski definition) is 3. The summed E-state index contributed by atoms with van der Waals surface area (Å²) in [7, 11) is 1.69. The zero-order chi connectivity index (χ0) is 11.5. The molecule has 0 amide bonds. The first-order valence-electron chi connectivity index (χ1n) is 4.78. The first-order valence-corrected chi connectivity index (χ1v) is 4.78. The number of carboxylic acids is 1. The molecule has 2 rings (SSSR count). The lowest BCUT2D eigenvalue weighted by Crippen LogP contribution is -2.16. The monoisotopic (exact) mass is 217 g/mol. The molecule has 0 fully saturated rings. The molecule has 1 aromatic carbocycles. The Bertz CT molecular complexity index is 540. The highest BCUT2D eigenvalue weighted by molar-refractivity contribution is 6.03. The average molecular weight is 217 g/mol. The molecule has 0 saturated heterocycles. The summed E-state index contributed by atoms with van der Waals surface area (Å²) >= 11 is 0. The third-order valence-electron chi connectivity index (χ3n) is 2.20. The van der Waals surface area contributed by atoms with E-state index in [9.17, 15) is 4.79 Å². The summed E-state index contributed by atoms with van der Waals surface area (Å²) in [6, 6.07) is 8.64. The topological polar surface area (TPSA) is 74.2 Å². The van der Waals surface area contributed by atoms with Crippen LogP contribution in [0.15, 0.2) is 30.3 Å². The fraction of sp³-hybridized carbons (Fsp3) is 0.0909. The summed E-state index contributed by atoms with van der Waals surface area (Å²) in [5.41, 5.74) is 6.37. The van der Waals surface area contributed by atoms with Crippen LogP contribution in [0.25, 0.3) is 10.9 Å². The molecular formula is C11H11N3O2. The number of rotatable bonds is 3. The Kier molecular flexibility index (Phi) is 2.70. The highest BCUT2D eigenvalue weighted by Crippen LogP contribution is 2.20. The number of aromatic carboxylic acids is 1. The second kappa shape index (κ2) is 4.16. The first kappa shape index (κ1) is 10.4. The molecule has 1 heterocycles. The van der Waals surface area contributed by atoms with Gasteiger partial charge in [-0.1, -0.05) is 18.2 Å². The lowest BCUT2D eigenvalue weighted by Gasteiger charge is -2.07. The van der Waals surface area contributed by atoms with Gasteiger partial charge in [0, 0.05) is 12.4 Å². The fourth-order valence-electron chi connectivity index (χ4n) is 1.54. The number of fused-ring (bicyclic) bond motifs is 1. The van der Waals surface area contributed by atoms with Crippen molar-refractivity contribution < 1.29 is 9.90 Å². The van der Waals surface area contributed by atoms with Crippen LogP contribution in [0.3, 0.4) is 0 Å². The second-order valence-electron chi connectivity index (χ2n) is 3.25. The highest BCUT2D eigenvalue weighted by atomic mass is 16.4. The Hall–Kier alpha value is -2.14. The smallest absolute Gasteiger partial charge is 0.336 e. The largest absolute Gasteiger partial charge is 0.478 e. The molecule has 1 aromatic heterocycles. The standard InChI is InChI=1S/C11H11N3O2/c1-12-14-10-6-8(11(15)16)7-4-2-3-5-9(7)13-10/h2-6,12H,1H3,(H,13,14)(H,15,16). The Morgan fingerprint density at radius 1 is 1.38 bits per heavy atom. The summed E-state index contributed by atoms with van der Waals surface area (Å²) in [4.78, 5) is 15.4. The Labute approximate surface area is 92.1 Å². The van der Waals surface area contributed by atoms with Crippen LogP contribution in [0.1, 0.15) is 10.4 Å². The van der Waals surface area contributed by atoms with Gasteiger partial charge in [0.15, 0.2) is 0 Å². The minimum Gasteiger partial charge on any atom is -0.478 e. The molecule has 0 aliphatic carbocycles. The Balaban J connectivity index is 2.68. The minimum absolute atomic E-state index is 0.239. The number of carbonyl (C=O) groups is 1. The fourth-order valence-corrected chi connectivity index (χ4v) is 1.54. The summed E-state index contributed by atoms with van der Waals surface area (Å²) in [6.07, 6.45) is 0. The van der Waals surface area contributed by atoms with E-state index in [4.69, 9.17) is 5.11 Å². The molecule has 0 aliphatic rings. The molecule has 16 heavy (non-hydrogen) atoms. The van der Waals surface area contributed by atoms with Crippen molar-refractivity contribution in [2.75, 3.05) is 12.5 Å². The van der Waals surface area contributed by atoms with Crippen molar-refractivity contribution >= 4 is 22.7 Å². The van der Waals surface area contributed by atoms with Crippen molar-refractivity contribution in [1.29, 1.82) is 0 Å². The van der Waals surface area contributed by atoms with Gasteiger partial charge >= 0.3 is 5.97 Å². The molecule has 5 heteroatoms. The van der Waals surface area contributed by atoms with E-state index in [0.29, 0.717) is 16.7 Å². The molecule has 0 spiro atoms. The van der Waals surface area contributed by atoms with Crippen LogP contribution < -0.4 is 10.9 Å². The van der Waals surface area contributed by atoms with E-state index < -0.39 is 5.97 Å². The van der Waals surface area contributed by atoms with E-state index in [2.05, 4.69) is 15.8 Å². The second-order valence-corrected chi connectivity index (χ2v) is 3.25. The predicted octanol–water partition coefficient (Wildman–Crippen LogP) is 1.48. The van der Waals surface area contributed by atoms with Gasteiger partial charge in [-0.05, 0) is 12.1 Å². The van der Waals surface area contributed by atoms with Gasteiger partial charge in [0.2, 0.25) is 0 Å². The average Bonchev–Trinajstić information content (AvgIpc) is 2.28. The van der Waals surface area contributed by atoms with E-state index in [1.165, 1.54) is 6.07 Å². The molecule has 0 aliphatic heterocycles. The number of carboxylic acid groups (broad SMARTS) is 1. The zero-order valence-electron chi connectivity index (χ0n) is 8.69. The molecule has 0 unspecified atom stereocenters. The van der Waals surface area contributed by atoms with Crippen LogP contribution in [0, 0.1) is 0 Å². The van der Waals surface area contributed by atoms with Crippen LogP contribution >= 0.6 is 0 Å². The van der Waals surface area contributed by atoms with Crippen LogP contribution in [-0.2, 0) is 0 Å².